The number of likely N-dealkylation sites (tertiary alicyclic amines) is 1. The fourth-order valence-electron chi connectivity index (χ4n) is 5.75. The van der Waals surface area contributed by atoms with Gasteiger partial charge in [0, 0.05) is 17.3 Å². The fourth-order valence-corrected chi connectivity index (χ4v) is 7.33. The largest absolute Gasteiger partial charge is 0.351 e. The Bertz CT molecular complexity index is 390. The van der Waals surface area contributed by atoms with Gasteiger partial charge in [0.1, 0.15) is 0 Å². The van der Waals surface area contributed by atoms with Gasteiger partial charge < -0.3 is 10.2 Å². The molecule has 1 saturated heterocycles. The summed E-state index contributed by atoms with van der Waals surface area (Å²) < 4.78 is 0.471. The zero-order valence-corrected chi connectivity index (χ0v) is 14.0. The average molecular weight is 308 g/mol. The molecule has 0 unspecified atom stereocenters. The molecule has 5 rings (SSSR count). The Morgan fingerprint density at radius 1 is 1.19 bits per heavy atom. The van der Waals surface area contributed by atoms with E-state index in [9.17, 15) is 4.79 Å². The molecule has 4 bridgehead atoms. The van der Waals surface area contributed by atoms with Crippen LogP contribution in [0.5, 0.6) is 0 Å². The van der Waals surface area contributed by atoms with Gasteiger partial charge in [-0.2, -0.15) is 0 Å². The molecule has 0 aromatic rings. The maximum absolute atomic E-state index is 12.2. The van der Waals surface area contributed by atoms with E-state index in [-0.39, 0.29) is 5.91 Å². The fraction of sp³-hybridized carbons (Fsp3) is 0.941. The average Bonchev–Trinajstić information content (AvgIpc) is 2.80. The maximum atomic E-state index is 12.2. The van der Waals surface area contributed by atoms with Crippen molar-refractivity contribution in [2.45, 2.75) is 55.7 Å². The minimum Gasteiger partial charge on any atom is -0.351 e. The van der Waals surface area contributed by atoms with E-state index in [1.807, 2.05) is 11.8 Å². The first kappa shape index (κ1) is 14.4. The van der Waals surface area contributed by atoms with E-state index in [1.165, 1.54) is 38.5 Å². The van der Waals surface area contributed by atoms with Crippen LogP contribution in [0, 0.1) is 17.8 Å². The van der Waals surface area contributed by atoms with Crippen molar-refractivity contribution in [2.75, 3.05) is 25.9 Å². The monoisotopic (exact) mass is 308 g/mol. The highest BCUT2D eigenvalue weighted by molar-refractivity contribution is 8.01. The van der Waals surface area contributed by atoms with Gasteiger partial charge in [-0.15, -0.1) is 11.8 Å². The molecule has 1 atom stereocenters. The summed E-state index contributed by atoms with van der Waals surface area (Å²) >= 11 is 2.00. The van der Waals surface area contributed by atoms with Crippen molar-refractivity contribution in [3.05, 3.63) is 0 Å². The van der Waals surface area contributed by atoms with Crippen LogP contribution < -0.4 is 5.32 Å². The van der Waals surface area contributed by atoms with Gasteiger partial charge in [-0.3, -0.25) is 4.79 Å². The highest BCUT2D eigenvalue weighted by Crippen LogP contribution is 2.60. The van der Waals surface area contributed by atoms with Crippen LogP contribution in [0.4, 0.5) is 0 Å². The van der Waals surface area contributed by atoms with Crippen molar-refractivity contribution >= 4 is 17.7 Å². The minimum absolute atomic E-state index is 0.274. The van der Waals surface area contributed by atoms with Crippen LogP contribution in [0.25, 0.3) is 0 Å². The SMILES string of the molecule is CN1CC[C@@H](NC(=O)CSC23CC4CC(CC(C4)C2)C3)C1. The molecular weight excluding hydrogens is 280 g/mol. The second kappa shape index (κ2) is 5.45. The summed E-state index contributed by atoms with van der Waals surface area (Å²) in [5.74, 6) is 3.91. The molecule has 5 fully saturated rings. The zero-order chi connectivity index (χ0) is 14.4. The lowest BCUT2D eigenvalue weighted by Crippen LogP contribution is -2.49. The summed E-state index contributed by atoms with van der Waals surface area (Å²) in [7, 11) is 2.14. The molecule has 5 aliphatic rings. The quantitative estimate of drug-likeness (QED) is 0.866. The lowest BCUT2D eigenvalue weighted by atomic mass is 9.56. The van der Waals surface area contributed by atoms with E-state index < -0.39 is 0 Å². The van der Waals surface area contributed by atoms with Gasteiger partial charge in [0.15, 0.2) is 0 Å². The van der Waals surface area contributed by atoms with Crippen LogP contribution in [0.2, 0.25) is 0 Å². The van der Waals surface area contributed by atoms with E-state index in [0.29, 0.717) is 16.5 Å². The van der Waals surface area contributed by atoms with Crippen molar-refractivity contribution in [1.29, 1.82) is 0 Å². The Balaban J connectivity index is 1.29. The third-order valence-electron chi connectivity index (χ3n) is 6.25. The minimum atomic E-state index is 0.274. The molecule has 4 saturated carbocycles. The molecule has 0 spiro atoms. The molecule has 1 aliphatic heterocycles. The Morgan fingerprint density at radius 2 is 1.81 bits per heavy atom. The van der Waals surface area contributed by atoms with Gasteiger partial charge >= 0.3 is 0 Å². The van der Waals surface area contributed by atoms with Gasteiger partial charge in [0.25, 0.3) is 0 Å². The van der Waals surface area contributed by atoms with E-state index in [1.54, 1.807) is 0 Å². The van der Waals surface area contributed by atoms with E-state index >= 15 is 0 Å². The van der Waals surface area contributed by atoms with Gasteiger partial charge in [0.2, 0.25) is 5.91 Å². The first-order valence-electron chi connectivity index (χ1n) is 8.72. The summed E-state index contributed by atoms with van der Waals surface area (Å²) in [5.41, 5.74) is 0. The number of carbonyl (C=O) groups is 1. The molecule has 3 nitrogen and oxygen atoms in total. The summed E-state index contributed by atoms with van der Waals surface area (Å²) in [6.45, 7) is 2.14. The molecule has 0 aromatic heterocycles. The van der Waals surface area contributed by atoms with Crippen molar-refractivity contribution < 1.29 is 4.79 Å². The number of thioether (sulfide) groups is 1. The number of likely N-dealkylation sites (N-methyl/N-ethyl adjacent to an activating group) is 1. The molecule has 1 N–H and O–H groups in total. The second-order valence-electron chi connectivity index (χ2n) is 8.20. The molecular formula is C17H28N2OS. The van der Waals surface area contributed by atoms with Crippen molar-refractivity contribution in [2.24, 2.45) is 17.8 Å². The normalized spacial score (nSPS) is 45.2. The van der Waals surface area contributed by atoms with Gasteiger partial charge in [-0.1, -0.05) is 0 Å². The molecule has 4 aliphatic carbocycles. The number of nitrogens with zero attached hydrogens (tertiary/aromatic N) is 1. The standard InChI is InChI=1S/C17H28N2OS/c1-19-3-2-15(10-19)18-16(20)11-21-17-7-12-4-13(8-17)6-14(5-12)9-17/h12-15H,2-11H2,1H3,(H,18,20)/t12?,13?,14?,15-,17?/m1/s1. The first-order valence-corrected chi connectivity index (χ1v) is 9.71. The number of nitrogens with one attached hydrogen (secondary N) is 1. The first-order chi connectivity index (χ1) is 10.1. The van der Waals surface area contributed by atoms with Crippen LogP contribution in [-0.2, 0) is 4.79 Å². The third kappa shape index (κ3) is 2.98. The molecule has 21 heavy (non-hydrogen) atoms. The Kier molecular flexibility index (Phi) is 3.73. The van der Waals surface area contributed by atoms with Gasteiger partial charge in [0.05, 0.1) is 5.75 Å². The predicted octanol–water partition coefficient (Wildman–Crippen LogP) is 2.51. The zero-order valence-electron chi connectivity index (χ0n) is 13.1. The highest BCUT2D eigenvalue weighted by Gasteiger charge is 2.51. The number of hydrogen-bond donors (Lipinski definition) is 1. The lowest BCUT2D eigenvalue weighted by molar-refractivity contribution is -0.119. The molecule has 0 aromatic carbocycles. The smallest absolute Gasteiger partial charge is 0.230 e. The van der Waals surface area contributed by atoms with Gasteiger partial charge in [-0.25, -0.2) is 0 Å². The van der Waals surface area contributed by atoms with Crippen LogP contribution in [0.1, 0.15) is 44.9 Å². The number of rotatable bonds is 4. The Morgan fingerprint density at radius 3 is 2.33 bits per heavy atom. The summed E-state index contributed by atoms with van der Waals surface area (Å²) in [5, 5.41) is 3.24. The molecule has 4 heteroatoms. The third-order valence-corrected chi connectivity index (χ3v) is 7.77. The van der Waals surface area contributed by atoms with Crippen molar-refractivity contribution in [1.82, 2.24) is 10.2 Å². The molecule has 0 radical (unpaired) electrons. The Hall–Kier alpha value is -0.220. The number of amides is 1. The summed E-state index contributed by atoms with van der Waals surface area (Å²) in [6.07, 6.45) is 9.75. The lowest BCUT2D eigenvalue weighted by Gasteiger charge is -2.56. The topological polar surface area (TPSA) is 32.3 Å². The van der Waals surface area contributed by atoms with Crippen molar-refractivity contribution in [3.8, 4) is 0 Å². The van der Waals surface area contributed by atoms with E-state index in [4.69, 9.17) is 0 Å². The van der Waals surface area contributed by atoms with Crippen LogP contribution >= 0.6 is 11.8 Å². The van der Waals surface area contributed by atoms with Crippen LogP contribution in [-0.4, -0.2) is 47.5 Å². The predicted molar refractivity (Wildman–Crippen MR) is 87.4 cm³/mol. The van der Waals surface area contributed by atoms with E-state index in [0.717, 1.165) is 37.3 Å². The van der Waals surface area contributed by atoms with Crippen LogP contribution in [0.15, 0.2) is 0 Å². The van der Waals surface area contributed by atoms with Crippen LogP contribution in [0.3, 0.4) is 0 Å². The summed E-state index contributed by atoms with van der Waals surface area (Å²) in [4.78, 5) is 14.6. The number of carbonyl (C=O) groups excluding carboxylic acids is 1. The molecule has 1 heterocycles. The summed E-state index contributed by atoms with van der Waals surface area (Å²) in [6, 6.07) is 0.388. The molecule has 1 amide bonds. The highest BCUT2D eigenvalue weighted by atomic mass is 32.2. The Labute approximate surface area is 132 Å². The maximum Gasteiger partial charge on any atom is 0.230 e. The van der Waals surface area contributed by atoms with E-state index in [2.05, 4.69) is 17.3 Å². The molecule has 118 valence electrons. The van der Waals surface area contributed by atoms with Gasteiger partial charge in [-0.05, 0) is 76.3 Å². The number of hydrogen-bond acceptors (Lipinski definition) is 3. The van der Waals surface area contributed by atoms with Crippen molar-refractivity contribution in [3.63, 3.8) is 0 Å². The second-order valence-corrected chi connectivity index (χ2v) is 9.65.